The minimum Gasteiger partial charge on any atom is -0.491 e. The van der Waals surface area contributed by atoms with E-state index in [1.807, 2.05) is 24.3 Å². The fourth-order valence-corrected chi connectivity index (χ4v) is 2.67. The van der Waals surface area contributed by atoms with E-state index in [9.17, 15) is 0 Å². The maximum atomic E-state index is 5.82. The number of ether oxygens (including phenoxy) is 1. The topological polar surface area (TPSA) is 33.3 Å². The highest BCUT2D eigenvalue weighted by Crippen LogP contribution is 2.20. The number of hydrogen-bond donors (Lipinski definition) is 2. The summed E-state index contributed by atoms with van der Waals surface area (Å²) in [5.74, 6) is 0.882. The average Bonchev–Trinajstić information content (AvgIpc) is 2.91. The molecule has 2 N–H and O–H groups in total. The summed E-state index contributed by atoms with van der Waals surface area (Å²) in [6.45, 7) is 4.19. The molecule has 1 unspecified atom stereocenters. The van der Waals surface area contributed by atoms with Crippen LogP contribution in [0.5, 0.6) is 5.75 Å². The molecule has 0 amide bonds. The Hall–Kier alpha value is -1.29. The molecule has 1 aliphatic rings. The Morgan fingerprint density at radius 1 is 1.40 bits per heavy atom. The lowest BCUT2D eigenvalue weighted by molar-refractivity contribution is 0.217. The summed E-state index contributed by atoms with van der Waals surface area (Å²) < 4.78 is 5.82. The van der Waals surface area contributed by atoms with Crippen LogP contribution in [0.25, 0.3) is 0 Å². The fraction of sp³-hybridized carbons (Fsp3) is 0.562. The molecule has 3 nitrogen and oxygen atoms in total. The van der Waals surface area contributed by atoms with Gasteiger partial charge >= 0.3 is 0 Å². The van der Waals surface area contributed by atoms with Crippen molar-refractivity contribution in [1.29, 1.82) is 0 Å². The van der Waals surface area contributed by atoms with Crippen molar-refractivity contribution in [3.8, 4) is 5.75 Å². The summed E-state index contributed by atoms with van der Waals surface area (Å²) in [7, 11) is 0. The highest BCUT2D eigenvalue weighted by atomic mass is 32.1. The Morgan fingerprint density at radius 3 is 2.85 bits per heavy atom. The first-order valence-corrected chi connectivity index (χ1v) is 7.92. The number of benzene rings is 1. The molecule has 20 heavy (non-hydrogen) atoms. The van der Waals surface area contributed by atoms with E-state index in [0.717, 1.165) is 17.9 Å². The van der Waals surface area contributed by atoms with Gasteiger partial charge in [-0.3, -0.25) is 0 Å². The molecular formula is C16H24N2OS. The molecule has 1 saturated carbocycles. The molecule has 0 bridgehead atoms. The third kappa shape index (κ3) is 4.67. The molecule has 1 aromatic rings. The summed E-state index contributed by atoms with van der Waals surface area (Å²) in [4.78, 5) is 0. The van der Waals surface area contributed by atoms with E-state index >= 15 is 0 Å². The van der Waals surface area contributed by atoms with Gasteiger partial charge in [-0.05, 0) is 50.5 Å². The van der Waals surface area contributed by atoms with Crippen LogP contribution >= 0.6 is 12.2 Å². The second-order valence-electron chi connectivity index (χ2n) is 5.44. The molecule has 0 radical (unpaired) electrons. The van der Waals surface area contributed by atoms with Gasteiger partial charge in [0.15, 0.2) is 5.11 Å². The Balaban J connectivity index is 1.88. The van der Waals surface area contributed by atoms with E-state index in [1.54, 1.807) is 0 Å². The first kappa shape index (κ1) is 15.1. The first-order chi connectivity index (χ1) is 9.67. The summed E-state index contributed by atoms with van der Waals surface area (Å²) in [5.41, 5.74) is 0.973. The van der Waals surface area contributed by atoms with Crippen LogP contribution in [-0.2, 0) is 0 Å². The van der Waals surface area contributed by atoms with E-state index in [2.05, 4.69) is 24.5 Å². The second-order valence-corrected chi connectivity index (χ2v) is 5.85. The van der Waals surface area contributed by atoms with Gasteiger partial charge in [-0.25, -0.2) is 0 Å². The molecule has 0 spiro atoms. The smallest absolute Gasteiger partial charge is 0.170 e. The van der Waals surface area contributed by atoms with Gasteiger partial charge in [0.1, 0.15) is 5.75 Å². The highest BCUT2D eigenvalue weighted by Gasteiger charge is 2.15. The molecule has 2 rings (SSSR count). The molecule has 0 aliphatic heterocycles. The molecule has 1 atom stereocenters. The van der Waals surface area contributed by atoms with E-state index in [4.69, 9.17) is 17.0 Å². The molecule has 0 heterocycles. The molecule has 0 aromatic heterocycles. The molecule has 1 fully saturated rings. The van der Waals surface area contributed by atoms with E-state index < -0.39 is 0 Å². The van der Waals surface area contributed by atoms with Crippen LogP contribution in [0.1, 0.15) is 46.0 Å². The third-order valence-corrected chi connectivity index (χ3v) is 3.91. The number of anilines is 1. The molecule has 110 valence electrons. The van der Waals surface area contributed by atoms with Crippen molar-refractivity contribution in [2.24, 2.45) is 0 Å². The van der Waals surface area contributed by atoms with Crippen LogP contribution in [0.4, 0.5) is 5.69 Å². The van der Waals surface area contributed by atoms with Gasteiger partial charge < -0.3 is 15.4 Å². The van der Waals surface area contributed by atoms with Gasteiger partial charge in [-0.15, -0.1) is 0 Å². The normalized spacial score (nSPS) is 16.7. The van der Waals surface area contributed by atoms with Crippen LogP contribution in [0.3, 0.4) is 0 Å². The van der Waals surface area contributed by atoms with Crippen molar-refractivity contribution in [3.05, 3.63) is 24.3 Å². The minimum atomic E-state index is 0.230. The molecule has 4 heteroatoms. The van der Waals surface area contributed by atoms with E-state index in [-0.39, 0.29) is 6.10 Å². The Morgan fingerprint density at radius 2 is 2.15 bits per heavy atom. The molecule has 1 aliphatic carbocycles. The number of hydrogen-bond acceptors (Lipinski definition) is 2. The van der Waals surface area contributed by atoms with Crippen LogP contribution in [-0.4, -0.2) is 17.3 Å². The zero-order valence-corrected chi connectivity index (χ0v) is 13.1. The van der Waals surface area contributed by atoms with Gasteiger partial charge in [-0.1, -0.05) is 25.8 Å². The lowest BCUT2D eigenvalue weighted by atomic mass is 10.2. The molecular weight excluding hydrogens is 268 g/mol. The number of rotatable bonds is 5. The maximum Gasteiger partial charge on any atom is 0.170 e. The van der Waals surface area contributed by atoms with Crippen LogP contribution < -0.4 is 15.4 Å². The highest BCUT2D eigenvalue weighted by molar-refractivity contribution is 7.80. The largest absolute Gasteiger partial charge is 0.491 e. The predicted octanol–water partition coefficient (Wildman–Crippen LogP) is 4.09. The van der Waals surface area contributed by atoms with Gasteiger partial charge in [0.2, 0.25) is 0 Å². The summed E-state index contributed by atoms with van der Waals surface area (Å²) in [5, 5.41) is 7.33. The SMILES string of the molecule is CCC(C)Oc1cccc(NC(=S)NC2CCCC2)c1. The van der Waals surface area contributed by atoms with Gasteiger partial charge in [-0.2, -0.15) is 0 Å². The predicted molar refractivity (Wildman–Crippen MR) is 88.4 cm³/mol. The molecule has 0 saturated heterocycles. The standard InChI is InChI=1S/C16H24N2OS/c1-3-12(2)19-15-10-6-9-14(11-15)18-16(20)17-13-7-4-5-8-13/h6,9-13H,3-5,7-8H2,1-2H3,(H2,17,18,20). The monoisotopic (exact) mass is 292 g/mol. The third-order valence-electron chi connectivity index (χ3n) is 3.69. The summed E-state index contributed by atoms with van der Waals surface area (Å²) in [6, 6.07) is 8.50. The fourth-order valence-electron chi connectivity index (χ4n) is 2.39. The second kappa shape index (κ2) is 7.48. The van der Waals surface area contributed by atoms with Crippen molar-refractivity contribution in [2.75, 3.05) is 5.32 Å². The average molecular weight is 292 g/mol. The quantitative estimate of drug-likeness (QED) is 0.801. The van der Waals surface area contributed by atoms with Gasteiger partial charge in [0, 0.05) is 17.8 Å². The van der Waals surface area contributed by atoms with Crippen molar-refractivity contribution in [3.63, 3.8) is 0 Å². The number of thiocarbonyl (C=S) groups is 1. The van der Waals surface area contributed by atoms with Gasteiger partial charge in [0.25, 0.3) is 0 Å². The number of nitrogens with one attached hydrogen (secondary N) is 2. The Bertz CT molecular complexity index is 444. The van der Waals surface area contributed by atoms with Gasteiger partial charge in [0.05, 0.1) is 6.10 Å². The van der Waals surface area contributed by atoms with E-state index in [0.29, 0.717) is 11.2 Å². The van der Waals surface area contributed by atoms with Crippen LogP contribution in [0.15, 0.2) is 24.3 Å². The Labute approximate surface area is 127 Å². The lowest BCUT2D eigenvalue weighted by Crippen LogP contribution is -2.35. The van der Waals surface area contributed by atoms with Crippen molar-refractivity contribution in [1.82, 2.24) is 5.32 Å². The zero-order chi connectivity index (χ0) is 14.4. The molecule has 1 aromatic carbocycles. The first-order valence-electron chi connectivity index (χ1n) is 7.51. The van der Waals surface area contributed by atoms with Crippen molar-refractivity contribution in [2.45, 2.75) is 58.1 Å². The summed E-state index contributed by atoms with van der Waals surface area (Å²) >= 11 is 5.36. The maximum absolute atomic E-state index is 5.82. The minimum absolute atomic E-state index is 0.230. The van der Waals surface area contributed by atoms with E-state index in [1.165, 1.54) is 25.7 Å². The van der Waals surface area contributed by atoms with Crippen LogP contribution in [0.2, 0.25) is 0 Å². The van der Waals surface area contributed by atoms with Crippen molar-refractivity contribution < 1.29 is 4.74 Å². The lowest BCUT2D eigenvalue weighted by Gasteiger charge is -2.17. The Kier molecular flexibility index (Phi) is 5.65. The van der Waals surface area contributed by atoms with Crippen molar-refractivity contribution >= 4 is 23.0 Å². The summed E-state index contributed by atoms with van der Waals surface area (Å²) in [6.07, 6.45) is 6.28. The zero-order valence-electron chi connectivity index (χ0n) is 12.3. The van der Waals surface area contributed by atoms with Crippen LogP contribution in [0, 0.1) is 0 Å².